The highest BCUT2D eigenvalue weighted by molar-refractivity contribution is 7.88. The third kappa shape index (κ3) is 5.64. The Labute approximate surface area is 149 Å². The minimum atomic E-state index is -3.44. The van der Waals surface area contributed by atoms with Crippen molar-refractivity contribution in [1.29, 1.82) is 0 Å². The van der Waals surface area contributed by atoms with Gasteiger partial charge in [-0.15, -0.1) is 0 Å². The predicted molar refractivity (Wildman–Crippen MR) is 96.4 cm³/mol. The highest BCUT2D eigenvalue weighted by atomic mass is 32.2. The number of hydrogen-bond donors (Lipinski definition) is 1. The molecule has 1 fully saturated rings. The van der Waals surface area contributed by atoms with Crippen molar-refractivity contribution in [2.24, 2.45) is 0 Å². The summed E-state index contributed by atoms with van der Waals surface area (Å²) in [6.45, 7) is 1.36. The van der Waals surface area contributed by atoms with Crippen LogP contribution in [0.3, 0.4) is 0 Å². The van der Waals surface area contributed by atoms with Crippen LogP contribution in [0, 0.1) is 0 Å². The van der Waals surface area contributed by atoms with Gasteiger partial charge in [0.25, 0.3) is 0 Å². The molecule has 0 aromatic heterocycles. The summed E-state index contributed by atoms with van der Waals surface area (Å²) in [5.41, 5.74) is 1.82. The van der Waals surface area contributed by atoms with Crippen LogP contribution in [0.1, 0.15) is 17.5 Å². The van der Waals surface area contributed by atoms with E-state index in [0.717, 1.165) is 11.1 Å². The number of ether oxygens (including phenoxy) is 2. The van der Waals surface area contributed by atoms with Gasteiger partial charge < -0.3 is 9.47 Å². The van der Waals surface area contributed by atoms with Crippen molar-refractivity contribution < 1.29 is 17.9 Å². The molecule has 0 aliphatic carbocycles. The van der Waals surface area contributed by atoms with E-state index in [2.05, 4.69) is 4.72 Å². The van der Waals surface area contributed by atoms with Crippen molar-refractivity contribution in [3.8, 4) is 0 Å². The third-order valence-corrected chi connectivity index (χ3v) is 5.52. The lowest BCUT2D eigenvalue weighted by Crippen LogP contribution is -2.50. The molecule has 2 atom stereocenters. The van der Waals surface area contributed by atoms with E-state index >= 15 is 0 Å². The van der Waals surface area contributed by atoms with Gasteiger partial charge in [-0.2, -0.15) is 0 Å². The molecule has 1 aliphatic heterocycles. The fraction of sp³-hybridized carbons (Fsp3) is 0.368. The summed E-state index contributed by atoms with van der Waals surface area (Å²) in [6, 6.07) is 18.7. The number of rotatable bonds is 7. The average Bonchev–Trinajstić information content (AvgIpc) is 2.62. The summed E-state index contributed by atoms with van der Waals surface area (Å²) >= 11 is 0. The van der Waals surface area contributed by atoms with Crippen LogP contribution in [-0.2, 0) is 31.9 Å². The van der Waals surface area contributed by atoms with Gasteiger partial charge in [0, 0.05) is 6.61 Å². The van der Waals surface area contributed by atoms with Gasteiger partial charge in [-0.1, -0.05) is 60.7 Å². The molecule has 2 aromatic rings. The number of nitrogens with one attached hydrogen (secondary N) is 1. The van der Waals surface area contributed by atoms with E-state index in [-0.39, 0.29) is 17.9 Å². The van der Waals surface area contributed by atoms with Crippen molar-refractivity contribution in [3.63, 3.8) is 0 Å². The largest absolute Gasteiger partial charge is 0.379 e. The van der Waals surface area contributed by atoms with Crippen molar-refractivity contribution >= 4 is 10.0 Å². The standard InChI is InChI=1S/C19H23NO4S/c21-25(22,15-17-9-5-2-6-10-17)20-18-11-12-23-14-19(18)24-13-16-7-3-1-4-8-16/h1-10,18-20H,11-15H2/t18-,19-/m1/s1. The molecule has 5 nitrogen and oxygen atoms in total. The normalized spacial score (nSPS) is 21.1. The summed E-state index contributed by atoms with van der Waals surface area (Å²) in [7, 11) is -3.44. The maximum absolute atomic E-state index is 12.5. The monoisotopic (exact) mass is 361 g/mol. The summed E-state index contributed by atoms with van der Waals surface area (Å²) in [5, 5.41) is 0. The zero-order valence-electron chi connectivity index (χ0n) is 14.0. The number of benzene rings is 2. The number of sulfonamides is 1. The van der Waals surface area contributed by atoms with Crippen LogP contribution in [0.5, 0.6) is 0 Å². The van der Waals surface area contributed by atoms with E-state index in [9.17, 15) is 8.42 Å². The maximum Gasteiger partial charge on any atom is 0.216 e. The lowest BCUT2D eigenvalue weighted by molar-refractivity contribution is -0.0711. The smallest absolute Gasteiger partial charge is 0.216 e. The molecule has 0 radical (unpaired) electrons. The van der Waals surface area contributed by atoms with Crippen LogP contribution in [0.15, 0.2) is 60.7 Å². The third-order valence-electron chi connectivity index (χ3n) is 4.14. The first-order valence-corrected chi connectivity index (χ1v) is 10.0. The molecule has 0 unspecified atom stereocenters. The van der Waals surface area contributed by atoms with E-state index in [1.165, 1.54) is 0 Å². The van der Waals surface area contributed by atoms with Crippen LogP contribution in [0.2, 0.25) is 0 Å². The quantitative estimate of drug-likeness (QED) is 0.823. The minimum Gasteiger partial charge on any atom is -0.379 e. The van der Waals surface area contributed by atoms with Crippen LogP contribution in [-0.4, -0.2) is 33.8 Å². The van der Waals surface area contributed by atoms with E-state index in [4.69, 9.17) is 9.47 Å². The van der Waals surface area contributed by atoms with Crippen LogP contribution in [0.25, 0.3) is 0 Å². The first-order chi connectivity index (χ1) is 12.1. The second-order valence-corrected chi connectivity index (χ2v) is 7.92. The van der Waals surface area contributed by atoms with Crippen molar-refractivity contribution in [1.82, 2.24) is 4.72 Å². The van der Waals surface area contributed by atoms with Gasteiger partial charge in [-0.3, -0.25) is 0 Å². The Kier molecular flexibility index (Phi) is 6.20. The second kappa shape index (κ2) is 8.58. The van der Waals surface area contributed by atoms with E-state index in [1.807, 2.05) is 60.7 Å². The highest BCUT2D eigenvalue weighted by Crippen LogP contribution is 2.16. The molecule has 1 aliphatic rings. The molecule has 25 heavy (non-hydrogen) atoms. The van der Waals surface area contributed by atoms with Gasteiger partial charge >= 0.3 is 0 Å². The van der Waals surface area contributed by atoms with Gasteiger partial charge in [0.1, 0.15) is 0 Å². The molecule has 6 heteroatoms. The summed E-state index contributed by atoms with van der Waals surface area (Å²) < 4.78 is 39.2. The molecule has 3 rings (SSSR count). The lowest BCUT2D eigenvalue weighted by Gasteiger charge is -2.32. The van der Waals surface area contributed by atoms with Gasteiger partial charge in [0.15, 0.2) is 0 Å². The summed E-state index contributed by atoms with van der Waals surface area (Å²) in [6.07, 6.45) is 0.313. The molecule has 0 spiro atoms. The number of hydrogen-bond acceptors (Lipinski definition) is 4. The topological polar surface area (TPSA) is 64.6 Å². The van der Waals surface area contributed by atoms with E-state index < -0.39 is 10.0 Å². The van der Waals surface area contributed by atoms with E-state index in [1.54, 1.807) is 0 Å². The van der Waals surface area contributed by atoms with Crippen molar-refractivity contribution in [3.05, 3.63) is 71.8 Å². The zero-order chi connectivity index (χ0) is 17.5. The molecule has 0 amide bonds. The predicted octanol–water partition coefficient (Wildman–Crippen LogP) is 2.48. The van der Waals surface area contributed by atoms with Crippen LogP contribution in [0.4, 0.5) is 0 Å². The summed E-state index contributed by atoms with van der Waals surface area (Å²) in [4.78, 5) is 0. The van der Waals surface area contributed by atoms with Crippen LogP contribution >= 0.6 is 0 Å². The van der Waals surface area contributed by atoms with Gasteiger partial charge in [0.2, 0.25) is 10.0 Å². The molecule has 134 valence electrons. The molecule has 0 saturated carbocycles. The van der Waals surface area contributed by atoms with Crippen molar-refractivity contribution in [2.45, 2.75) is 30.9 Å². The van der Waals surface area contributed by atoms with E-state index in [0.29, 0.717) is 26.2 Å². The molecule has 2 aromatic carbocycles. The highest BCUT2D eigenvalue weighted by Gasteiger charge is 2.30. The fourth-order valence-electron chi connectivity index (χ4n) is 2.85. The van der Waals surface area contributed by atoms with Gasteiger partial charge in [-0.05, 0) is 17.5 Å². The maximum atomic E-state index is 12.5. The Morgan fingerprint density at radius 1 is 1.00 bits per heavy atom. The Hall–Kier alpha value is -1.73. The molecule has 1 saturated heterocycles. The first kappa shape index (κ1) is 18.1. The van der Waals surface area contributed by atoms with Gasteiger partial charge in [0.05, 0.1) is 31.1 Å². The Balaban J connectivity index is 1.60. The lowest BCUT2D eigenvalue weighted by atomic mass is 10.1. The first-order valence-electron chi connectivity index (χ1n) is 8.39. The molecule has 1 heterocycles. The molecule has 0 bridgehead atoms. The Morgan fingerprint density at radius 3 is 2.32 bits per heavy atom. The average molecular weight is 361 g/mol. The SMILES string of the molecule is O=S(=O)(Cc1ccccc1)N[C@@H]1CCOC[C@H]1OCc1ccccc1. The minimum absolute atomic E-state index is 0.0311. The molecular weight excluding hydrogens is 338 g/mol. The zero-order valence-corrected chi connectivity index (χ0v) is 14.8. The Bertz CT molecular complexity index is 750. The summed E-state index contributed by atoms with van der Waals surface area (Å²) in [5.74, 6) is -0.0311. The molecular formula is C19H23NO4S. The van der Waals surface area contributed by atoms with Crippen LogP contribution < -0.4 is 4.72 Å². The van der Waals surface area contributed by atoms with Gasteiger partial charge in [-0.25, -0.2) is 13.1 Å². The molecule has 1 N–H and O–H groups in total. The van der Waals surface area contributed by atoms with Crippen molar-refractivity contribution in [2.75, 3.05) is 13.2 Å². The Morgan fingerprint density at radius 2 is 1.64 bits per heavy atom. The fourth-order valence-corrected chi connectivity index (χ4v) is 4.30. The second-order valence-electron chi connectivity index (χ2n) is 6.17.